The van der Waals surface area contributed by atoms with Gasteiger partial charge in [-0.3, -0.25) is 4.79 Å². The van der Waals surface area contributed by atoms with Gasteiger partial charge in [-0.25, -0.2) is 0 Å². The molecule has 1 aliphatic carbocycles. The van der Waals surface area contributed by atoms with E-state index in [4.69, 9.17) is 15.2 Å². The van der Waals surface area contributed by atoms with Crippen LogP contribution in [0.4, 0.5) is 5.69 Å². The molecule has 2 rings (SSSR count). The summed E-state index contributed by atoms with van der Waals surface area (Å²) in [5.41, 5.74) is 8.31. The number of carbonyl (C=O) groups excluding carboxylic acids is 1. The Bertz CT molecular complexity index is 552. The molecule has 1 fully saturated rings. The van der Waals surface area contributed by atoms with E-state index in [1.54, 1.807) is 14.2 Å². The summed E-state index contributed by atoms with van der Waals surface area (Å²) in [6, 6.07) is 1.97. The Kier molecular flexibility index (Phi) is 6.28. The van der Waals surface area contributed by atoms with Crippen molar-refractivity contribution in [3.63, 3.8) is 0 Å². The summed E-state index contributed by atoms with van der Waals surface area (Å²) in [6.45, 7) is 2.00. The lowest BCUT2D eigenvalue weighted by molar-refractivity contribution is -0.114. The molecule has 1 aliphatic rings. The lowest BCUT2D eigenvalue weighted by Crippen LogP contribution is -2.23. The molecule has 0 spiro atoms. The Morgan fingerprint density at radius 3 is 2.52 bits per heavy atom. The zero-order valence-corrected chi connectivity index (χ0v) is 14.4. The maximum Gasteiger partial charge on any atom is 0.238 e. The molecule has 5 heteroatoms. The first-order valence-electron chi connectivity index (χ1n) is 8.35. The van der Waals surface area contributed by atoms with Crippen LogP contribution in [0.5, 0.6) is 11.5 Å². The molecule has 1 aromatic rings. The Hall–Kier alpha value is -1.75. The second-order valence-electron chi connectivity index (χ2n) is 6.24. The third-order valence-corrected chi connectivity index (χ3v) is 4.66. The number of ether oxygens (including phenoxy) is 2. The molecule has 0 aromatic heterocycles. The number of hydrogen-bond acceptors (Lipinski definition) is 4. The van der Waals surface area contributed by atoms with Gasteiger partial charge < -0.3 is 20.5 Å². The van der Waals surface area contributed by atoms with E-state index in [1.807, 2.05) is 6.07 Å². The molecule has 1 aromatic carbocycles. The Labute approximate surface area is 138 Å². The number of rotatable bonds is 6. The van der Waals surface area contributed by atoms with E-state index in [1.165, 1.54) is 32.1 Å². The van der Waals surface area contributed by atoms with Crippen LogP contribution in [0, 0.1) is 12.8 Å². The van der Waals surface area contributed by atoms with Crippen LogP contribution in [-0.2, 0) is 11.2 Å². The first-order valence-corrected chi connectivity index (χ1v) is 8.35. The van der Waals surface area contributed by atoms with Gasteiger partial charge >= 0.3 is 0 Å². The summed E-state index contributed by atoms with van der Waals surface area (Å²) >= 11 is 0. The third kappa shape index (κ3) is 4.16. The van der Waals surface area contributed by atoms with Crippen molar-refractivity contribution >= 4 is 11.6 Å². The van der Waals surface area contributed by atoms with Gasteiger partial charge in [-0.15, -0.1) is 0 Å². The summed E-state index contributed by atoms with van der Waals surface area (Å²) in [6.07, 6.45) is 7.45. The highest BCUT2D eigenvalue weighted by Crippen LogP contribution is 2.42. The fourth-order valence-electron chi connectivity index (χ4n) is 3.43. The molecular weight excluding hydrogens is 292 g/mol. The van der Waals surface area contributed by atoms with Crippen LogP contribution in [-0.4, -0.2) is 26.7 Å². The molecule has 23 heavy (non-hydrogen) atoms. The summed E-state index contributed by atoms with van der Waals surface area (Å²) in [5.74, 6) is 1.74. The number of carbonyl (C=O) groups is 1. The van der Waals surface area contributed by atoms with Crippen molar-refractivity contribution in [2.75, 3.05) is 26.1 Å². The molecule has 5 nitrogen and oxygen atoms in total. The van der Waals surface area contributed by atoms with E-state index in [9.17, 15) is 4.79 Å². The van der Waals surface area contributed by atoms with Gasteiger partial charge in [0.15, 0.2) is 0 Å². The normalized spacial score (nSPS) is 15.3. The highest BCUT2D eigenvalue weighted by atomic mass is 16.5. The van der Waals surface area contributed by atoms with E-state index in [0.29, 0.717) is 23.1 Å². The number of nitrogens with one attached hydrogen (secondary N) is 1. The van der Waals surface area contributed by atoms with Crippen molar-refractivity contribution in [2.45, 2.75) is 45.4 Å². The molecule has 1 saturated carbocycles. The largest absolute Gasteiger partial charge is 0.494 e. The smallest absolute Gasteiger partial charge is 0.238 e. The van der Waals surface area contributed by atoms with Gasteiger partial charge in [0.05, 0.1) is 20.8 Å². The number of amides is 1. The van der Waals surface area contributed by atoms with Crippen LogP contribution >= 0.6 is 0 Å². The van der Waals surface area contributed by atoms with Gasteiger partial charge in [-0.05, 0) is 36.5 Å². The van der Waals surface area contributed by atoms with Crippen molar-refractivity contribution in [3.8, 4) is 11.5 Å². The first-order chi connectivity index (χ1) is 11.1. The minimum atomic E-state index is -0.255. The Morgan fingerprint density at radius 2 is 1.96 bits per heavy atom. The SMILES string of the molecule is COc1cc(C)c(CC2CCCCC2)c(OC)c1NC(=O)CN. The zero-order valence-electron chi connectivity index (χ0n) is 14.4. The molecule has 0 radical (unpaired) electrons. The van der Waals surface area contributed by atoms with Crippen LogP contribution in [0.3, 0.4) is 0 Å². The predicted octanol–water partition coefficient (Wildman–Crippen LogP) is 3.03. The standard InChI is InChI=1S/C18H28N2O3/c1-12-9-15(22-2)17(20-16(21)11-19)18(23-3)14(12)10-13-7-5-4-6-8-13/h9,13H,4-8,10-11,19H2,1-3H3,(H,20,21). The molecule has 0 bridgehead atoms. The zero-order chi connectivity index (χ0) is 16.8. The minimum absolute atomic E-state index is 0.0713. The summed E-state index contributed by atoms with van der Waals surface area (Å²) < 4.78 is 11.1. The molecule has 0 heterocycles. The molecular formula is C18H28N2O3. The molecule has 128 valence electrons. The molecule has 0 aliphatic heterocycles. The summed E-state index contributed by atoms with van der Waals surface area (Å²) in [4.78, 5) is 11.8. The second-order valence-corrected chi connectivity index (χ2v) is 6.24. The fourth-order valence-corrected chi connectivity index (χ4v) is 3.43. The Balaban J connectivity index is 2.39. The molecule has 1 amide bonds. The van der Waals surface area contributed by atoms with Crippen LogP contribution in [0.2, 0.25) is 0 Å². The van der Waals surface area contributed by atoms with Crippen LogP contribution in [0.25, 0.3) is 0 Å². The average molecular weight is 320 g/mol. The van der Waals surface area contributed by atoms with Gasteiger partial charge in [0.25, 0.3) is 0 Å². The highest BCUT2D eigenvalue weighted by molar-refractivity contribution is 5.95. The summed E-state index contributed by atoms with van der Waals surface area (Å²) in [7, 11) is 3.23. The number of anilines is 1. The van der Waals surface area contributed by atoms with E-state index in [0.717, 1.165) is 17.5 Å². The van der Waals surface area contributed by atoms with Gasteiger partial charge in [-0.2, -0.15) is 0 Å². The number of benzene rings is 1. The van der Waals surface area contributed by atoms with E-state index in [2.05, 4.69) is 12.2 Å². The lowest BCUT2D eigenvalue weighted by Gasteiger charge is -2.25. The topological polar surface area (TPSA) is 73.6 Å². The minimum Gasteiger partial charge on any atom is -0.494 e. The molecule has 0 unspecified atom stereocenters. The van der Waals surface area contributed by atoms with E-state index < -0.39 is 0 Å². The van der Waals surface area contributed by atoms with E-state index in [-0.39, 0.29) is 12.5 Å². The number of nitrogens with two attached hydrogens (primary N) is 1. The van der Waals surface area contributed by atoms with Crippen LogP contribution < -0.4 is 20.5 Å². The third-order valence-electron chi connectivity index (χ3n) is 4.66. The van der Waals surface area contributed by atoms with E-state index >= 15 is 0 Å². The maximum atomic E-state index is 11.8. The Morgan fingerprint density at radius 1 is 1.26 bits per heavy atom. The monoisotopic (exact) mass is 320 g/mol. The van der Waals surface area contributed by atoms with Gasteiger partial charge in [-0.1, -0.05) is 32.1 Å². The molecule has 0 saturated heterocycles. The van der Waals surface area contributed by atoms with Crippen molar-refractivity contribution in [3.05, 3.63) is 17.2 Å². The highest BCUT2D eigenvalue weighted by Gasteiger charge is 2.23. The van der Waals surface area contributed by atoms with Gasteiger partial charge in [0.1, 0.15) is 17.2 Å². The number of methoxy groups -OCH3 is 2. The molecule has 3 N–H and O–H groups in total. The summed E-state index contributed by atoms with van der Waals surface area (Å²) in [5, 5.41) is 2.82. The maximum absolute atomic E-state index is 11.8. The van der Waals surface area contributed by atoms with Crippen molar-refractivity contribution in [2.24, 2.45) is 11.7 Å². The van der Waals surface area contributed by atoms with Crippen LogP contribution in [0.15, 0.2) is 6.07 Å². The number of hydrogen-bond donors (Lipinski definition) is 2. The predicted molar refractivity (Wildman–Crippen MR) is 92.2 cm³/mol. The second kappa shape index (κ2) is 8.20. The fraction of sp³-hybridized carbons (Fsp3) is 0.611. The van der Waals surface area contributed by atoms with Crippen molar-refractivity contribution in [1.82, 2.24) is 0 Å². The van der Waals surface area contributed by atoms with Crippen LogP contribution in [0.1, 0.15) is 43.2 Å². The quantitative estimate of drug-likeness (QED) is 0.845. The van der Waals surface area contributed by atoms with Gasteiger partial charge in [0.2, 0.25) is 5.91 Å². The van der Waals surface area contributed by atoms with Crippen molar-refractivity contribution in [1.29, 1.82) is 0 Å². The first kappa shape index (κ1) is 17.6. The molecule has 0 atom stereocenters. The van der Waals surface area contributed by atoms with Crippen molar-refractivity contribution < 1.29 is 14.3 Å². The average Bonchev–Trinajstić information content (AvgIpc) is 2.58. The number of aryl methyl sites for hydroxylation is 1. The lowest BCUT2D eigenvalue weighted by atomic mass is 9.83. The van der Waals surface area contributed by atoms with Gasteiger partial charge in [0, 0.05) is 0 Å².